The monoisotopic (exact) mass is 1140 g/mol. The van der Waals surface area contributed by atoms with E-state index in [1.54, 1.807) is 0 Å². The second kappa shape index (κ2) is 70.9. The molecule has 81 heavy (non-hydrogen) atoms. The van der Waals surface area contributed by atoms with Crippen LogP contribution in [0.1, 0.15) is 445 Å². The minimum atomic E-state index is -0.764. The van der Waals surface area contributed by atoms with Gasteiger partial charge in [-0.15, -0.1) is 0 Å². The Morgan fingerprint density at radius 2 is 0.333 bits per heavy atom. The number of carbonyl (C=O) groups excluding carboxylic acids is 3. The van der Waals surface area contributed by atoms with E-state index in [2.05, 4.69) is 20.8 Å². The Kier molecular flexibility index (Phi) is 69.5. The van der Waals surface area contributed by atoms with E-state index >= 15 is 0 Å². The SMILES string of the molecule is CCCCCCCCCCCCCCCCCCCCCCCCC(=O)OCC(COC(=O)CCCCCCCCCCCCCCCCCCCCC)OC(=O)CCCCCCCCCCCCCCCCCCCCCCCC. The van der Waals surface area contributed by atoms with Crippen molar-refractivity contribution in [3.05, 3.63) is 0 Å². The molecule has 0 aromatic carbocycles. The fraction of sp³-hybridized carbons (Fsp3) is 0.960. The molecule has 0 fully saturated rings. The summed E-state index contributed by atoms with van der Waals surface area (Å²) in [6, 6.07) is 0. The molecule has 0 N–H and O–H groups in total. The third-order valence-corrected chi connectivity index (χ3v) is 17.6. The number of hydrogen-bond donors (Lipinski definition) is 0. The highest BCUT2D eigenvalue weighted by molar-refractivity contribution is 5.71. The van der Waals surface area contributed by atoms with Gasteiger partial charge in [0.1, 0.15) is 13.2 Å². The number of ether oxygens (including phenoxy) is 3. The van der Waals surface area contributed by atoms with Crippen LogP contribution in [0.2, 0.25) is 0 Å². The van der Waals surface area contributed by atoms with E-state index in [4.69, 9.17) is 14.2 Å². The average Bonchev–Trinajstić information content (AvgIpc) is 3.47. The topological polar surface area (TPSA) is 78.9 Å². The van der Waals surface area contributed by atoms with Crippen LogP contribution >= 0.6 is 0 Å². The average molecular weight is 1140 g/mol. The second-order valence-electron chi connectivity index (χ2n) is 25.9. The fourth-order valence-corrected chi connectivity index (χ4v) is 12.0. The van der Waals surface area contributed by atoms with E-state index in [1.807, 2.05) is 0 Å². The highest BCUT2D eigenvalue weighted by Gasteiger charge is 2.20. The number of hydrogen-bond acceptors (Lipinski definition) is 6. The van der Waals surface area contributed by atoms with E-state index < -0.39 is 6.10 Å². The van der Waals surface area contributed by atoms with Crippen molar-refractivity contribution in [3.63, 3.8) is 0 Å². The Labute approximate surface area is 508 Å². The molecule has 6 nitrogen and oxygen atoms in total. The van der Waals surface area contributed by atoms with Crippen LogP contribution in [0.15, 0.2) is 0 Å². The van der Waals surface area contributed by atoms with Crippen molar-refractivity contribution in [1.29, 1.82) is 0 Å². The largest absolute Gasteiger partial charge is 0.462 e. The maximum Gasteiger partial charge on any atom is 0.306 e. The van der Waals surface area contributed by atoms with Crippen molar-refractivity contribution in [2.75, 3.05) is 13.2 Å². The molecule has 0 bridgehead atoms. The summed E-state index contributed by atoms with van der Waals surface area (Å²) in [5, 5.41) is 0. The molecule has 0 saturated carbocycles. The molecule has 0 aliphatic rings. The van der Waals surface area contributed by atoms with Crippen molar-refractivity contribution < 1.29 is 28.6 Å². The van der Waals surface area contributed by atoms with Gasteiger partial charge in [0.05, 0.1) is 0 Å². The van der Waals surface area contributed by atoms with E-state index in [-0.39, 0.29) is 31.1 Å². The quantitative estimate of drug-likeness (QED) is 0.0343. The number of carbonyl (C=O) groups is 3. The van der Waals surface area contributed by atoms with Gasteiger partial charge in [0, 0.05) is 19.3 Å². The highest BCUT2D eigenvalue weighted by atomic mass is 16.6. The van der Waals surface area contributed by atoms with Crippen LogP contribution in [0, 0.1) is 0 Å². The summed E-state index contributed by atoms with van der Waals surface area (Å²) in [7, 11) is 0. The van der Waals surface area contributed by atoms with Gasteiger partial charge in [0.15, 0.2) is 6.10 Å². The van der Waals surface area contributed by atoms with Crippen molar-refractivity contribution in [2.45, 2.75) is 451 Å². The van der Waals surface area contributed by atoms with Gasteiger partial charge in [0.2, 0.25) is 0 Å². The van der Waals surface area contributed by atoms with Gasteiger partial charge in [-0.05, 0) is 19.3 Å². The molecule has 0 aromatic heterocycles. The lowest BCUT2D eigenvalue weighted by Crippen LogP contribution is -2.30. The van der Waals surface area contributed by atoms with Crippen LogP contribution in [0.5, 0.6) is 0 Å². The smallest absolute Gasteiger partial charge is 0.306 e. The third kappa shape index (κ3) is 69.1. The zero-order chi connectivity index (χ0) is 58.5. The van der Waals surface area contributed by atoms with E-state index in [0.717, 1.165) is 57.8 Å². The Morgan fingerprint density at radius 1 is 0.198 bits per heavy atom. The van der Waals surface area contributed by atoms with Crippen LogP contribution < -0.4 is 0 Å². The predicted octanol–water partition coefficient (Wildman–Crippen LogP) is 25.8. The molecule has 0 spiro atoms. The van der Waals surface area contributed by atoms with Crippen LogP contribution in [0.25, 0.3) is 0 Å². The maximum absolute atomic E-state index is 13.0. The van der Waals surface area contributed by atoms with Crippen LogP contribution in [0.4, 0.5) is 0 Å². The maximum atomic E-state index is 13.0. The van der Waals surface area contributed by atoms with Crippen molar-refractivity contribution in [3.8, 4) is 0 Å². The van der Waals surface area contributed by atoms with Crippen LogP contribution in [-0.4, -0.2) is 37.2 Å². The molecular formula is C75H146O6. The van der Waals surface area contributed by atoms with Gasteiger partial charge in [-0.2, -0.15) is 0 Å². The summed E-state index contributed by atoms with van der Waals surface area (Å²) in [6.45, 7) is 6.76. The summed E-state index contributed by atoms with van der Waals surface area (Å²) < 4.78 is 17.1. The Hall–Kier alpha value is -1.59. The van der Waals surface area contributed by atoms with Crippen molar-refractivity contribution in [2.24, 2.45) is 0 Å². The molecule has 0 amide bonds. The first-order valence-electron chi connectivity index (χ1n) is 37.5. The van der Waals surface area contributed by atoms with E-state index in [9.17, 15) is 14.4 Å². The van der Waals surface area contributed by atoms with Gasteiger partial charge in [-0.3, -0.25) is 14.4 Å². The van der Waals surface area contributed by atoms with Gasteiger partial charge in [0.25, 0.3) is 0 Å². The Morgan fingerprint density at radius 3 is 0.494 bits per heavy atom. The first-order chi connectivity index (χ1) is 40.0. The predicted molar refractivity (Wildman–Crippen MR) is 354 cm³/mol. The molecule has 0 saturated heterocycles. The zero-order valence-electron chi connectivity index (χ0n) is 55.6. The van der Waals surface area contributed by atoms with Gasteiger partial charge in [-0.25, -0.2) is 0 Å². The summed E-state index contributed by atoms with van der Waals surface area (Å²) in [6.07, 6.45) is 84.3. The molecule has 0 aliphatic carbocycles. The molecule has 0 aromatic rings. The van der Waals surface area contributed by atoms with Gasteiger partial charge >= 0.3 is 17.9 Å². The van der Waals surface area contributed by atoms with Gasteiger partial charge in [-0.1, -0.05) is 406 Å². The summed E-state index contributed by atoms with van der Waals surface area (Å²) in [5.74, 6) is -0.813. The summed E-state index contributed by atoms with van der Waals surface area (Å²) in [4.78, 5) is 38.6. The van der Waals surface area contributed by atoms with Crippen molar-refractivity contribution in [1.82, 2.24) is 0 Å². The zero-order valence-corrected chi connectivity index (χ0v) is 55.6. The van der Waals surface area contributed by atoms with Gasteiger partial charge < -0.3 is 14.2 Å². The lowest BCUT2D eigenvalue weighted by atomic mass is 10.0. The van der Waals surface area contributed by atoms with Crippen molar-refractivity contribution >= 4 is 17.9 Å². The van der Waals surface area contributed by atoms with E-state index in [1.165, 1.54) is 347 Å². The van der Waals surface area contributed by atoms with E-state index in [0.29, 0.717) is 19.3 Å². The Bertz CT molecular complexity index is 1220. The normalized spacial score (nSPS) is 11.9. The minimum absolute atomic E-state index is 0.0597. The molecule has 1 unspecified atom stereocenters. The summed E-state index contributed by atoms with van der Waals surface area (Å²) >= 11 is 0. The standard InChI is InChI=1S/C75H146O6/c1-4-7-10-13-16-19-22-25-28-31-34-36-38-41-44-47-50-53-56-59-62-65-68-74(77)80-71-72(70-79-73(76)67-64-61-58-55-52-49-46-43-40-33-30-27-24-21-18-15-12-9-6-3)81-75(78)69-66-63-60-57-54-51-48-45-42-39-37-35-32-29-26-23-20-17-14-11-8-5-2/h72H,4-71H2,1-3H3. The molecule has 0 heterocycles. The molecule has 0 rings (SSSR count). The molecule has 482 valence electrons. The molecule has 0 radical (unpaired) electrons. The molecule has 1 atom stereocenters. The number of unbranched alkanes of at least 4 members (excludes halogenated alkanes) is 60. The van der Waals surface area contributed by atoms with Crippen LogP contribution in [-0.2, 0) is 28.6 Å². The number of esters is 3. The lowest BCUT2D eigenvalue weighted by molar-refractivity contribution is -0.167. The first-order valence-corrected chi connectivity index (χ1v) is 37.5. The molecular weight excluding hydrogens is 997 g/mol. The van der Waals surface area contributed by atoms with Crippen LogP contribution in [0.3, 0.4) is 0 Å². The summed E-state index contributed by atoms with van der Waals surface area (Å²) in [5.41, 5.74) is 0. The second-order valence-corrected chi connectivity index (χ2v) is 25.9. The minimum Gasteiger partial charge on any atom is -0.462 e. The molecule has 0 aliphatic heterocycles. The molecule has 6 heteroatoms. The number of rotatable bonds is 71. The fourth-order valence-electron chi connectivity index (χ4n) is 12.0. The lowest BCUT2D eigenvalue weighted by Gasteiger charge is -2.18. The highest BCUT2D eigenvalue weighted by Crippen LogP contribution is 2.20. The third-order valence-electron chi connectivity index (χ3n) is 17.6. The Balaban J connectivity index is 4.26. The first kappa shape index (κ1) is 79.4.